The summed E-state index contributed by atoms with van der Waals surface area (Å²) in [5, 5.41) is 14.4. The molecule has 5 nitrogen and oxygen atoms in total. The fourth-order valence-electron chi connectivity index (χ4n) is 6.81. The minimum absolute atomic E-state index is 0.124. The Balaban J connectivity index is 1.30. The molecule has 4 aliphatic carbocycles. The number of aliphatic hydroxyl groups is 1. The van der Waals surface area contributed by atoms with Crippen molar-refractivity contribution >= 4 is 0 Å². The van der Waals surface area contributed by atoms with E-state index in [2.05, 4.69) is 22.4 Å². The molecule has 4 fully saturated rings. The Hall–Kier alpha value is -2.11. The fraction of sp³-hybridized carbons (Fsp3) is 0.542. The second-order valence-electron chi connectivity index (χ2n) is 9.47. The Morgan fingerprint density at radius 3 is 2.41 bits per heavy atom. The van der Waals surface area contributed by atoms with E-state index in [-0.39, 0.29) is 18.9 Å². The Morgan fingerprint density at radius 2 is 1.72 bits per heavy atom. The Bertz CT molecular complexity index is 886. The van der Waals surface area contributed by atoms with Gasteiger partial charge in [0, 0.05) is 30.0 Å². The van der Waals surface area contributed by atoms with E-state index in [1.54, 1.807) is 12.4 Å². The third-order valence-corrected chi connectivity index (χ3v) is 8.00. The van der Waals surface area contributed by atoms with Crippen LogP contribution in [0, 0.1) is 23.7 Å². The van der Waals surface area contributed by atoms with Gasteiger partial charge in [-0.05, 0) is 91.2 Å². The third-order valence-electron chi connectivity index (χ3n) is 8.00. The van der Waals surface area contributed by atoms with Crippen LogP contribution in [0.15, 0.2) is 36.7 Å². The number of ether oxygens (including phenoxy) is 2. The quantitative estimate of drug-likeness (QED) is 0.811. The maximum atomic E-state index is 10.5. The van der Waals surface area contributed by atoms with E-state index in [1.165, 1.54) is 37.7 Å². The van der Waals surface area contributed by atoms with Crippen LogP contribution in [-0.4, -0.2) is 29.0 Å². The lowest BCUT2D eigenvalue weighted by molar-refractivity contribution is -0.0960. The van der Waals surface area contributed by atoms with E-state index in [0.717, 1.165) is 41.0 Å². The number of nitrogens with zero attached hydrogens (tertiary/aromatic N) is 1. The van der Waals surface area contributed by atoms with Crippen molar-refractivity contribution in [3.05, 3.63) is 42.2 Å². The monoisotopic (exact) mass is 392 g/mol. The molecule has 7 rings (SSSR count). The first kappa shape index (κ1) is 17.7. The highest BCUT2D eigenvalue weighted by Crippen LogP contribution is 2.58. The lowest BCUT2D eigenvalue weighted by Crippen LogP contribution is -2.66. The number of hydrogen-bond acceptors (Lipinski definition) is 5. The summed E-state index contributed by atoms with van der Waals surface area (Å²) in [4.78, 5) is 4.13. The van der Waals surface area contributed by atoms with Gasteiger partial charge >= 0.3 is 0 Å². The molecule has 4 saturated carbocycles. The predicted octanol–water partition coefficient (Wildman–Crippen LogP) is 3.75. The molecule has 0 spiro atoms. The van der Waals surface area contributed by atoms with Crippen molar-refractivity contribution < 1.29 is 14.6 Å². The van der Waals surface area contributed by atoms with Crippen molar-refractivity contribution in [2.75, 3.05) is 13.4 Å². The molecule has 1 aromatic heterocycles. The fourth-order valence-corrected chi connectivity index (χ4v) is 6.81. The van der Waals surface area contributed by atoms with Gasteiger partial charge in [0.15, 0.2) is 11.5 Å². The number of nitrogens with one attached hydrogen (secondary N) is 1. The summed E-state index contributed by atoms with van der Waals surface area (Å²) in [6, 6.07) is 8.28. The molecule has 2 heterocycles. The molecule has 2 N–H and O–H groups in total. The standard InChI is InChI=1S/C24H28N2O3/c27-13-24(19-6-15-5-16(8-19)9-20(24)7-15)26-12-17-10-21(18-1-3-25-4-2-18)23-22(11-17)28-14-29-23/h1-4,10-11,15-16,19-20,26-27H,5-9,12-14H2. The van der Waals surface area contributed by atoms with Gasteiger partial charge in [0.2, 0.25) is 6.79 Å². The number of benzene rings is 1. The van der Waals surface area contributed by atoms with Gasteiger partial charge < -0.3 is 19.9 Å². The molecule has 4 bridgehead atoms. The third kappa shape index (κ3) is 2.78. The zero-order chi connectivity index (χ0) is 19.4. The molecule has 2 aromatic rings. The second kappa shape index (κ2) is 6.71. The summed E-state index contributed by atoms with van der Waals surface area (Å²) in [6.45, 7) is 1.24. The van der Waals surface area contributed by atoms with Crippen LogP contribution in [0.4, 0.5) is 0 Å². The molecule has 0 amide bonds. The molecule has 0 saturated heterocycles. The highest BCUT2D eigenvalue weighted by atomic mass is 16.7. The van der Waals surface area contributed by atoms with Crippen molar-refractivity contribution in [2.45, 2.75) is 44.2 Å². The molecule has 5 heteroatoms. The molecule has 1 aliphatic heterocycles. The van der Waals surface area contributed by atoms with Crippen LogP contribution in [0.3, 0.4) is 0 Å². The molecule has 1 aromatic carbocycles. The number of hydrogen-bond donors (Lipinski definition) is 2. The van der Waals surface area contributed by atoms with Crippen molar-refractivity contribution in [3.63, 3.8) is 0 Å². The van der Waals surface area contributed by atoms with Crippen LogP contribution in [0.1, 0.15) is 37.7 Å². The van der Waals surface area contributed by atoms with Crippen LogP contribution in [-0.2, 0) is 6.54 Å². The number of aliphatic hydroxyl groups excluding tert-OH is 1. The SMILES string of the molecule is OCC1(NCc2cc3c(c(-c4ccncc4)c2)OCO3)C2CC3CC(C2)CC1C3. The maximum Gasteiger partial charge on any atom is 0.231 e. The van der Waals surface area contributed by atoms with E-state index in [1.807, 2.05) is 12.1 Å². The van der Waals surface area contributed by atoms with E-state index < -0.39 is 0 Å². The highest BCUT2D eigenvalue weighted by molar-refractivity contribution is 5.75. The first-order valence-electron chi connectivity index (χ1n) is 10.9. The van der Waals surface area contributed by atoms with Gasteiger partial charge in [-0.2, -0.15) is 0 Å². The zero-order valence-electron chi connectivity index (χ0n) is 16.6. The van der Waals surface area contributed by atoms with Crippen molar-refractivity contribution in [1.29, 1.82) is 0 Å². The van der Waals surface area contributed by atoms with Gasteiger partial charge in [0.1, 0.15) is 0 Å². The van der Waals surface area contributed by atoms with Gasteiger partial charge in [-0.1, -0.05) is 0 Å². The molecular formula is C24H28N2O3. The highest BCUT2D eigenvalue weighted by Gasteiger charge is 2.56. The molecule has 0 atom stereocenters. The predicted molar refractivity (Wildman–Crippen MR) is 109 cm³/mol. The van der Waals surface area contributed by atoms with Gasteiger partial charge in [0.25, 0.3) is 0 Å². The molecule has 29 heavy (non-hydrogen) atoms. The lowest BCUT2D eigenvalue weighted by atomic mass is 9.48. The van der Waals surface area contributed by atoms with E-state index >= 15 is 0 Å². The topological polar surface area (TPSA) is 63.6 Å². The van der Waals surface area contributed by atoms with E-state index in [4.69, 9.17) is 9.47 Å². The van der Waals surface area contributed by atoms with Crippen LogP contribution in [0.5, 0.6) is 11.5 Å². The Kier molecular flexibility index (Phi) is 4.10. The molecule has 0 radical (unpaired) electrons. The van der Waals surface area contributed by atoms with E-state index in [0.29, 0.717) is 11.8 Å². The summed E-state index contributed by atoms with van der Waals surface area (Å²) in [5.74, 6) is 4.62. The smallest absolute Gasteiger partial charge is 0.231 e. The first-order valence-corrected chi connectivity index (χ1v) is 10.9. The number of fused-ring (bicyclic) bond motifs is 1. The number of pyridine rings is 1. The maximum absolute atomic E-state index is 10.5. The number of rotatable bonds is 5. The minimum Gasteiger partial charge on any atom is -0.454 e. The summed E-state index contributed by atoms with van der Waals surface area (Å²) in [5.41, 5.74) is 3.17. The van der Waals surface area contributed by atoms with Gasteiger partial charge in [0.05, 0.1) is 6.61 Å². The number of aromatic nitrogens is 1. The summed E-state index contributed by atoms with van der Waals surface area (Å²) in [7, 11) is 0. The minimum atomic E-state index is -0.124. The molecular weight excluding hydrogens is 364 g/mol. The van der Waals surface area contributed by atoms with Crippen molar-refractivity contribution in [2.24, 2.45) is 23.7 Å². The zero-order valence-corrected chi connectivity index (χ0v) is 16.6. The van der Waals surface area contributed by atoms with Crippen LogP contribution >= 0.6 is 0 Å². The van der Waals surface area contributed by atoms with Gasteiger partial charge in [-0.15, -0.1) is 0 Å². The Morgan fingerprint density at radius 1 is 1.00 bits per heavy atom. The molecule has 152 valence electrons. The van der Waals surface area contributed by atoms with Crippen LogP contribution in [0.25, 0.3) is 11.1 Å². The molecule has 0 unspecified atom stereocenters. The van der Waals surface area contributed by atoms with Crippen molar-refractivity contribution in [1.82, 2.24) is 10.3 Å². The second-order valence-corrected chi connectivity index (χ2v) is 9.47. The lowest BCUT2D eigenvalue weighted by Gasteiger charge is -2.61. The summed E-state index contributed by atoms with van der Waals surface area (Å²) < 4.78 is 11.5. The van der Waals surface area contributed by atoms with Crippen molar-refractivity contribution in [3.8, 4) is 22.6 Å². The van der Waals surface area contributed by atoms with Crippen LogP contribution < -0.4 is 14.8 Å². The summed E-state index contributed by atoms with van der Waals surface area (Å²) >= 11 is 0. The van der Waals surface area contributed by atoms with Gasteiger partial charge in [-0.3, -0.25) is 4.98 Å². The van der Waals surface area contributed by atoms with Crippen LogP contribution in [0.2, 0.25) is 0 Å². The summed E-state index contributed by atoms with van der Waals surface area (Å²) in [6.07, 6.45) is 10.2. The normalized spacial score (nSPS) is 34.0. The van der Waals surface area contributed by atoms with E-state index in [9.17, 15) is 5.11 Å². The average Bonchev–Trinajstić information content (AvgIpc) is 3.22. The average molecular weight is 392 g/mol. The largest absolute Gasteiger partial charge is 0.454 e. The Labute approximate surface area is 171 Å². The first-order chi connectivity index (χ1) is 14.2. The van der Waals surface area contributed by atoms with Gasteiger partial charge in [-0.25, -0.2) is 0 Å². The molecule has 5 aliphatic rings.